The van der Waals surface area contributed by atoms with E-state index in [0.717, 1.165) is 44.3 Å². The third-order valence-corrected chi connectivity index (χ3v) is 5.56. The van der Waals surface area contributed by atoms with Crippen molar-refractivity contribution < 1.29 is 9.90 Å². The Morgan fingerprint density at radius 1 is 1.22 bits per heavy atom. The summed E-state index contributed by atoms with van der Waals surface area (Å²) in [6.07, 6.45) is 10.4. The Morgan fingerprint density at radius 2 is 1.91 bits per heavy atom. The Kier molecular flexibility index (Phi) is 5.26. The van der Waals surface area contributed by atoms with Crippen molar-refractivity contribution in [2.75, 3.05) is 13.7 Å². The third-order valence-electron chi connectivity index (χ3n) is 5.56. The SMILES string of the molecule is CN(C(=O)c1ccnc(C2CCCC2)n1)C1CCC(CO)CC1. The van der Waals surface area contributed by atoms with E-state index in [1.165, 1.54) is 12.8 Å². The molecule has 23 heavy (non-hydrogen) atoms. The van der Waals surface area contributed by atoms with Gasteiger partial charge in [0.2, 0.25) is 0 Å². The van der Waals surface area contributed by atoms with Crippen LogP contribution >= 0.6 is 0 Å². The van der Waals surface area contributed by atoms with Crippen molar-refractivity contribution in [2.45, 2.75) is 63.3 Å². The molecule has 0 saturated heterocycles. The van der Waals surface area contributed by atoms with E-state index >= 15 is 0 Å². The molecule has 1 aromatic rings. The van der Waals surface area contributed by atoms with Gasteiger partial charge in [0.25, 0.3) is 5.91 Å². The maximum atomic E-state index is 12.7. The molecule has 5 nitrogen and oxygen atoms in total. The number of amides is 1. The third kappa shape index (κ3) is 3.71. The van der Waals surface area contributed by atoms with Crippen LogP contribution in [-0.2, 0) is 0 Å². The van der Waals surface area contributed by atoms with Gasteiger partial charge in [0.15, 0.2) is 0 Å². The summed E-state index contributed by atoms with van der Waals surface area (Å²) in [4.78, 5) is 23.5. The van der Waals surface area contributed by atoms with E-state index in [0.29, 0.717) is 17.5 Å². The van der Waals surface area contributed by atoms with Crippen molar-refractivity contribution in [2.24, 2.45) is 5.92 Å². The smallest absolute Gasteiger partial charge is 0.272 e. The van der Waals surface area contributed by atoms with Crippen molar-refractivity contribution in [1.82, 2.24) is 14.9 Å². The minimum absolute atomic E-state index is 0.000838. The van der Waals surface area contributed by atoms with Gasteiger partial charge >= 0.3 is 0 Å². The summed E-state index contributed by atoms with van der Waals surface area (Å²) in [6.45, 7) is 0.265. The Labute approximate surface area is 138 Å². The highest BCUT2D eigenvalue weighted by molar-refractivity contribution is 5.92. The Morgan fingerprint density at radius 3 is 2.57 bits per heavy atom. The van der Waals surface area contributed by atoms with Gasteiger partial charge < -0.3 is 10.0 Å². The first-order valence-corrected chi connectivity index (χ1v) is 8.90. The number of aliphatic hydroxyl groups is 1. The second-order valence-corrected chi connectivity index (χ2v) is 7.05. The van der Waals surface area contributed by atoms with Gasteiger partial charge in [-0.2, -0.15) is 0 Å². The molecular weight excluding hydrogens is 290 g/mol. The highest BCUT2D eigenvalue weighted by atomic mass is 16.3. The molecule has 2 fully saturated rings. The fraction of sp³-hybridized carbons (Fsp3) is 0.722. The lowest BCUT2D eigenvalue weighted by Gasteiger charge is -2.34. The van der Waals surface area contributed by atoms with Crippen molar-refractivity contribution in [3.63, 3.8) is 0 Å². The van der Waals surface area contributed by atoms with E-state index in [9.17, 15) is 9.90 Å². The molecule has 0 aromatic carbocycles. The molecule has 3 rings (SSSR count). The first-order chi connectivity index (χ1) is 11.2. The summed E-state index contributed by atoms with van der Waals surface area (Å²) >= 11 is 0. The molecule has 1 amide bonds. The lowest BCUT2D eigenvalue weighted by atomic mass is 9.86. The second kappa shape index (κ2) is 7.39. The maximum Gasteiger partial charge on any atom is 0.272 e. The molecule has 0 bridgehead atoms. The minimum Gasteiger partial charge on any atom is -0.396 e. The molecule has 0 spiro atoms. The standard InChI is InChI=1S/C18H27N3O2/c1-21(15-8-6-13(12-22)7-9-15)18(23)16-10-11-19-17(20-16)14-4-2-3-5-14/h10-11,13-15,22H,2-9,12H2,1H3. The van der Waals surface area contributed by atoms with Crippen LogP contribution in [0.25, 0.3) is 0 Å². The Bertz CT molecular complexity index is 535. The van der Waals surface area contributed by atoms with E-state index in [4.69, 9.17) is 0 Å². The fourth-order valence-electron chi connectivity index (χ4n) is 3.93. The Hall–Kier alpha value is -1.49. The van der Waals surface area contributed by atoms with Gasteiger partial charge in [0.05, 0.1) is 0 Å². The van der Waals surface area contributed by atoms with Crippen molar-refractivity contribution >= 4 is 5.91 Å². The quantitative estimate of drug-likeness (QED) is 0.927. The van der Waals surface area contributed by atoms with E-state index in [2.05, 4.69) is 9.97 Å². The molecule has 1 N–H and O–H groups in total. The predicted molar refractivity (Wildman–Crippen MR) is 88.2 cm³/mol. The van der Waals surface area contributed by atoms with Gasteiger partial charge in [0.1, 0.15) is 11.5 Å². The van der Waals surface area contributed by atoms with Gasteiger partial charge in [0, 0.05) is 31.8 Å². The van der Waals surface area contributed by atoms with Crippen LogP contribution in [0.5, 0.6) is 0 Å². The normalized spacial score (nSPS) is 25.5. The summed E-state index contributed by atoms with van der Waals surface area (Å²) in [5.41, 5.74) is 0.522. The molecule has 2 saturated carbocycles. The molecule has 1 aromatic heterocycles. The number of carbonyl (C=O) groups is 1. The minimum atomic E-state index is -0.000838. The molecule has 0 aliphatic heterocycles. The summed E-state index contributed by atoms with van der Waals surface area (Å²) in [6, 6.07) is 1.99. The van der Waals surface area contributed by atoms with Crippen LogP contribution in [0.1, 0.15) is 73.6 Å². The van der Waals surface area contributed by atoms with Crippen LogP contribution < -0.4 is 0 Å². The van der Waals surface area contributed by atoms with Gasteiger partial charge in [-0.05, 0) is 50.5 Å². The van der Waals surface area contributed by atoms with Crippen molar-refractivity contribution in [3.05, 3.63) is 23.8 Å². The van der Waals surface area contributed by atoms with Gasteiger partial charge in [-0.25, -0.2) is 9.97 Å². The van der Waals surface area contributed by atoms with E-state index in [-0.39, 0.29) is 18.6 Å². The first-order valence-electron chi connectivity index (χ1n) is 8.90. The van der Waals surface area contributed by atoms with Gasteiger partial charge in [-0.1, -0.05) is 12.8 Å². The summed E-state index contributed by atoms with van der Waals surface area (Å²) in [7, 11) is 1.88. The van der Waals surface area contributed by atoms with Crippen LogP contribution in [0.4, 0.5) is 0 Å². The van der Waals surface area contributed by atoms with Crippen LogP contribution in [0.2, 0.25) is 0 Å². The lowest BCUT2D eigenvalue weighted by molar-refractivity contribution is 0.0646. The monoisotopic (exact) mass is 317 g/mol. The number of hydrogen-bond acceptors (Lipinski definition) is 4. The van der Waals surface area contributed by atoms with Crippen LogP contribution in [-0.4, -0.2) is 45.6 Å². The molecular formula is C18H27N3O2. The zero-order valence-corrected chi connectivity index (χ0v) is 13.9. The van der Waals surface area contributed by atoms with E-state index in [1.54, 1.807) is 12.3 Å². The van der Waals surface area contributed by atoms with E-state index < -0.39 is 0 Å². The second-order valence-electron chi connectivity index (χ2n) is 7.05. The van der Waals surface area contributed by atoms with Crippen LogP contribution in [0, 0.1) is 5.92 Å². The van der Waals surface area contributed by atoms with E-state index in [1.807, 2.05) is 11.9 Å². The summed E-state index contributed by atoms with van der Waals surface area (Å²) in [5, 5.41) is 9.24. The molecule has 5 heteroatoms. The lowest BCUT2D eigenvalue weighted by Crippen LogP contribution is -2.40. The largest absolute Gasteiger partial charge is 0.396 e. The number of hydrogen-bond donors (Lipinski definition) is 1. The number of nitrogens with zero attached hydrogens (tertiary/aromatic N) is 3. The summed E-state index contributed by atoms with van der Waals surface area (Å²) < 4.78 is 0. The highest BCUT2D eigenvalue weighted by Gasteiger charge is 2.28. The van der Waals surface area contributed by atoms with Gasteiger partial charge in [-0.15, -0.1) is 0 Å². The van der Waals surface area contributed by atoms with Crippen molar-refractivity contribution in [1.29, 1.82) is 0 Å². The molecule has 0 radical (unpaired) electrons. The van der Waals surface area contributed by atoms with Crippen LogP contribution in [0.3, 0.4) is 0 Å². The molecule has 2 aliphatic rings. The predicted octanol–water partition coefficient (Wildman–Crippen LogP) is 2.76. The zero-order chi connectivity index (χ0) is 16.2. The topological polar surface area (TPSA) is 66.3 Å². The average molecular weight is 317 g/mol. The van der Waals surface area contributed by atoms with Crippen molar-refractivity contribution in [3.8, 4) is 0 Å². The molecule has 126 valence electrons. The molecule has 1 heterocycles. The number of carbonyl (C=O) groups excluding carboxylic acids is 1. The van der Waals surface area contributed by atoms with Crippen LogP contribution in [0.15, 0.2) is 12.3 Å². The number of aromatic nitrogens is 2. The van der Waals surface area contributed by atoms with Gasteiger partial charge in [-0.3, -0.25) is 4.79 Å². The fourth-order valence-corrected chi connectivity index (χ4v) is 3.93. The molecule has 0 unspecified atom stereocenters. The first kappa shape index (κ1) is 16.4. The zero-order valence-electron chi connectivity index (χ0n) is 13.9. The highest BCUT2D eigenvalue weighted by Crippen LogP contribution is 2.32. The number of rotatable bonds is 4. The Balaban J connectivity index is 1.66. The maximum absolute atomic E-state index is 12.7. The summed E-state index contributed by atoms with van der Waals surface area (Å²) in [5.74, 6) is 1.67. The average Bonchev–Trinajstić information content (AvgIpc) is 3.15. The molecule has 2 aliphatic carbocycles. The number of aliphatic hydroxyl groups excluding tert-OH is 1. The molecule has 0 atom stereocenters.